The van der Waals surface area contributed by atoms with Gasteiger partial charge in [-0.2, -0.15) is 0 Å². The summed E-state index contributed by atoms with van der Waals surface area (Å²) in [5.74, 6) is 1.12. The molecule has 20 heavy (non-hydrogen) atoms. The van der Waals surface area contributed by atoms with Crippen LogP contribution in [0.3, 0.4) is 0 Å². The molecule has 0 fully saturated rings. The summed E-state index contributed by atoms with van der Waals surface area (Å²) in [6.07, 6.45) is 3.67. The van der Waals surface area contributed by atoms with E-state index in [1.807, 2.05) is 0 Å². The first kappa shape index (κ1) is 11.6. The Kier molecular flexibility index (Phi) is 2.73. The van der Waals surface area contributed by atoms with Gasteiger partial charge in [0.15, 0.2) is 0 Å². The predicted molar refractivity (Wildman–Crippen MR) is 84.0 cm³/mol. The first-order chi connectivity index (χ1) is 9.90. The van der Waals surface area contributed by atoms with E-state index in [-0.39, 0.29) is 0 Å². The van der Waals surface area contributed by atoms with E-state index in [0.717, 1.165) is 5.82 Å². The highest BCUT2D eigenvalue weighted by Gasteiger charge is 2.19. The molecule has 0 radical (unpaired) electrons. The minimum absolute atomic E-state index is 0.424. The van der Waals surface area contributed by atoms with E-state index >= 15 is 0 Å². The summed E-state index contributed by atoms with van der Waals surface area (Å²) in [5, 5.41) is 4.93. The number of hydrogen-bond donors (Lipinski definition) is 2. The quantitative estimate of drug-likeness (QED) is 0.691. The molecule has 0 bridgehead atoms. The highest BCUT2D eigenvalue weighted by molar-refractivity contribution is 5.83. The second-order valence-electron chi connectivity index (χ2n) is 5.56. The second kappa shape index (κ2) is 4.71. The van der Waals surface area contributed by atoms with Crippen LogP contribution in [0.4, 0.5) is 5.82 Å². The normalized spacial score (nSPS) is 17.9. The summed E-state index contributed by atoms with van der Waals surface area (Å²) in [6.45, 7) is 0. The molecule has 1 aliphatic rings. The maximum absolute atomic E-state index is 3.67. The number of para-hydroxylation sites is 1. The van der Waals surface area contributed by atoms with Crippen LogP contribution in [0.5, 0.6) is 0 Å². The van der Waals surface area contributed by atoms with E-state index in [2.05, 4.69) is 64.9 Å². The van der Waals surface area contributed by atoms with Gasteiger partial charge in [0.1, 0.15) is 5.82 Å². The Bertz CT molecular complexity index is 709. The van der Waals surface area contributed by atoms with Crippen molar-refractivity contribution in [3.05, 3.63) is 65.7 Å². The lowest BCUT2D eigenvalue weighted by Gasteiger charge is -2.26. The molecule has 2 heteroatoms. The fraction of sp³-hybridized carbons (Fsp3) is 0.222. The van der Waals surface area contributed by atoms with Crippen LogP contribution in [0, 0.1) is 0 Å². The fourth-order valence-corrected chi connectivity index (χ4v) is 3.24. The van der Waals surface area contributed by atoms with Crippen LogP contribution in [0.1, 0.15) is 30.0 Å². The fourth-order valence-electron chi connectivity index (χ4n) is 3.24. The van der Waals surface area contributed by atoms with Crippen LogP contribution in [-0.4, -0.2) is 4.98 Å². The molecule has 3 aromatic rings. The maximum atomic E-state index is 3.67. The Balaban J connectivity index is 1.66. The number of aryl methyl sites for hydroxylation is 1. The van der Waals surface area contributed by atoms with Gasteiger partial charge in [-0.3, -0.25) is 0 Å². The van der Waals surface area contributed by atoms with Crippen LogP contribution in [0.25, 0.3) is 10.9 Å². The summed E-state index contributed by atoms with van der Waals surface area (Å²) in [5.41, 5.74) is 4.14. The van der Waals surface area contributed by atoms with Gasteiger partial charge in [0.05, 0.1) is 6.04 Å². The second-order valence-corrected chi connectivity index (χ2v) is 5.56. The zero-order valence-corrected chi connectivity index (χ0v) is 11.4. The van der Waals surface area contributed by atoms with E-state index in [1.165, 1.54) is 41.3 Å². The topological polar surface area (TPSA) is 27.8 Å². The van der Waals surface area contributed by atoms with E-state index in [1.54, 1.807) is 0 Å². The van der Waals surface area contributed by atoms with Gasteiger partial charge in [0.25, 0.3) is 0 Å². The molecule has 100 valence electrons. The number of benzene rings is 2. The number of H-pyrrole nitrogens is 1. The number of aromatic nitrogens is 1. The molecular formula is C18H18N2. The SMILES string of the molecule is c1ccc2c(c1)CCCC2Nc1cc2ccccc2[nH]1. The molecule has 2 N–H and O–H groups in total. The standard InChI is InChI=1S/C18H18N2/c1-3-9-15-13(6-1)8-5-11-17(15)20-18-12-14-7-2-4-10-16(14)19-18/h1-4,6-7,9-10,12,17,19-20H,5,8,11H2. The molecule has 1 aromatic heterocycles. The van der Waals surface area contributed by atoms with Crippen molar-refractivity contribution in [3.8, 4) is 0 Å². The minimum atomic E-state index is 0.424. The Morgan fingerprint density at radius 3 is 2.80 bits per heavy atom. The first-order valence-corrected chi connectivity index (χ1v) is 7.32. The van der Waals surface area contributed by atoms with Crippen LogP contribution >= 0.6 is 0 Å². The number of hydrogen-bond acceptors (Lipinski definition) is 1. The molecule has 4 rings (SSSR count). The largest absolute Gasteiger partial charge is 0.365 e. The van der Waals surface area contributed by atoms with Gasteiger partial charge in [-0.15, -0.1) is 0 Å². The van der Waals surface area contributed by atoms with Crippen molar-refractivity contribution in [2.45, 2.75) is 25.3 Å². The smallest absolute Gasteiger partial charge is 0.104 e. The van der Waals surface area contributed by atoms with Crippen LogP contribution in [0.15, 0.2) is 54.6 Å². The zero-order valence-electron chi connectivity index (χ0n) is 11.4. The molecular weight excluding hydrogens is 244 g/mol. The summed E-state index contributed by atoms with van der Waals surface area (Å²) in [6, 6.07) is 19.8. The van der Waals surface area contributed by atoms with E-state index in [0.29, 0.717) is 6.04 Å². The van der Waals surface area contributed by atoms with Crippen LogP contribution < -0.4 is 5.32 Å². The Morgan fingerprint density at radius 1 is 1.00 bits per heavy atom. The lowest BCUT2D eigenvalue weighted by atomic mass is 9.88. The summed E-state index contributed by atoms with van der Waals surface area (Å²) in [4.78, 5) is 3.46. The van der Waals surface area contributed by atoms with Gasteiger partial charge in [0.2, 0.25) is 0 Å². The van der Waals surface area contributed by atoms with Crippen molar-refractivity contribution >= 4 is 16.7 Å². The molecule has 1 unspecified atom stereocenters. The third-order valence-electron chi connectivity index (χ3n) is 4.23. The third-order valence-corrected chi connectivity index (χ3v) is 4.23. The predicted octanol–water partition coefficient (Wildman–Crippen LogP) is 4.66. The van der Waals surface area contributed by atoms with Crippen LogP contribution in [0.2, 0.25) is 0 Å². The number of rotatable bonds is 2. The maximum Gasteiger partial charge on any atom is 0.104 e. The molecule has 1 atom stereocenters. The lowest BCUT2D eigenvalue weighted by Crippen LogP contribution is -2.17. The highest BCUT2D eigenvalue weighted by Crippen LogP contribution is 2.32. The van der Waals surface area contributed by atoms with Crippen molar-refractivity contribution < 1.29 is 0 Å². The van der Waals surface area contributed by atoms with Gasteiger partial charge in [-0.25, -0.2) is 0 Å². The van der Waals surface area contributed by atoms with Gasteiger partial charge in [0, 0.05) is 10.9 Å². The van der Waals surface area contributed by atoms with Gasteiger partial charge >= 0.3 is 0 Å². The van der Waals surface area contributed by atoms with Gasteiger partial charge in [-0.1, -0.05) is 42.5 Å². The van der Waals surface area contributed by atoms with E-state index in [4.69, 9.17) is 0 Å². The zero-order chi connectivity index (χ0) is 13.4. The van der Waals surface area contributed by atoms with Crippen LogP contribution in [-0.2, 0) is 6.42 Å². The lowest BCUT2D eigenvalue weighted by molar-refractivity contribution is 0.599. The number of nitrogens with one attached hydrogen (secondary N) is 2. The number of fused-ring (bicyclic) bond motifs is 2. The van der Waals surface area contributed by atoms with Crippen molar-refractivity contribution in [1.29, 1.82) is 0 Å². The highest BCUT2D eigenvalue weighted by atomic mass is 15.0. The Morgan fingerprint density at radius 2 is 1.85 bits per heavy atom. The molecule has 2 aromatic carbocycles. The molecule has 1 heterocycles. The van der Waals surface area contributed by atoms with Gasteiger partial charge < -0.3 is 10.3 Å². The van der Waals surface area contributed by atoms with E-state index < -0.39 is 0 Å². The van der Waals surface area contributed by atoms with E-state index in [9.17, 15) is 0 Å². The first-order valence-electron chi connectivity index (χ1n) is 7.32. The van der Waals surface area contributed by atoms with Gasteiger partial charge in [-0.05, 0) is 42.5 Å². The Hall–Kier alpha value is -2.22. The van der Waals surface area contributed by atoms with Crippen molar-refractivity contribution in [2.24, 2.45) is 0 Å². The summed E-state index contributed by atoms with van der Waals surface area (Å²) in [7, 11) is 0. The average Bonchev–Trinajstić information content (AvgIpc) is 2.90. The number of aromatic amines is 1. The van der Waals surface area contributed by atoms with Crippen molar-refractivity contribution in [1.82, 2.24) is 4.98 Å². The monoisotopic (exact) mass is 262 g/mol. The molecule has 0 spiro atoms. The summed E-state index contributed by atoms with van der Waals surface area (Å²) < 4.78 is 0. The Labute approximate surface area is 118 Å². The third kappa shape index (κ3) is 1.97. The summed E-state index contributed by atoms with van der Waals surface area (Å²) >= 11 is 0. The molecule has 0 saturated heterocycles. The average molecular weight is 262 g/mol. The molecule has 0 saturated carbocycles. The van der Waals surface area contributed by atoms with Crippen molar-refractivity contribution in [3.63, 3.8) is 0 Å². The van der Waals surface area contributed by atoms with Crippen molar-refractivity contribution in [2.75, 3.05) is 5.32 Å². The minimum Gasteiger partial charge on any atom is -0.365 e. The molecule has 2 nitrogen and oxygen atoms in total. The molecule has 0 aliphatic heterocycles. The number of anilines is 1. The molecule has 0 amide bonds. The molecule has 1 aliphatic carbocycles.